The highest BCUT2D eigenvalue weighted by atomic mass is 35.5. The van der Waals surface area contributed by atoms with E-state index in [1.54, 1.807) is 13.8 Å². The van der Waals surface area contributed by atoms with Gasteiger partial charge in [0.2, 0.25) is 0 Å². The number of halogens is 1. The van der Waals surface area contributed by atoms with E-state index in [1.807, 2.05) is 0 Å². The Morgan fingerprint density at radius 1 is 1.33 bits per heavy atom. The van der Waals surface area contributed by atoms with Crippen molar-refractivity contribution in [2.24, 2.45) is 0 Å². The summed E-state index contributed by atoms with van der Waals surface area (Å²) in [5, 5.41) is 9.42. The maximum Gasteiger partial charge on any atom is 0.347 e. The quantitative estimate of drug-likeness (QED) is 0.779. The number of hydrogen-bond donors (Lipinski definition) is 1. The van der Waals surface area contributed by atoms with Gasteiger partial charge in [-0.1, -0.05) is 18.5 Å². The third-order valence-corrected chi connectivity index (χ3v) is 2.87. The minimum Gasteiger partial charge on any atom is -0.493 e. The molecule has 0 saturated heterocycles. The molecule has 6 nitrogen and oxygen atoms in total. The standard InChI is InChI=1S/C14H17ClO6/c1-4-10(14(18)20-5-2)21-12-9(13(16)17)6-8(15)7-11(12)19-3/h6-7,10H,4-5H2,1-3H3,(H,16,17). The minimum atomic E-state index is -1.23. The van der Waals surface area contributed by atoms with Crippen LogP contribution in [0.5, 0.6) is 11.5 Å². The molecule has 1 N–H and O–H groups in total. The number of benzene rings is 1. The second-order valence-electron chi connectivity index (χ2n) is 4.06. The summed E-state index contributed by atoms with van der Waals surface area (Å²) in [6, 6.07) is 2.65. The van der Waals surface area contributed by atoms with E-state index in [-0.39, 0.29) is 28.7 Å². The maximum atomic E-state index is 11.8. The molecule has 116 valence electrons. The molecule has 1 rings (SSSR count). The molecule has 0 aliphatic rings. The van der Waals surface area contributed by atoms with E-state index in [0.29, 0.717) is 6.42 Å². The molecule has 0 fully saturated rings. The number of carbonyl (C=O) groups is 2. The lowest BCUT2D eigenvalue weighted by Gasteiger charge is -2.19. The van der Waals surface area contributed by atoms with Crippen LogP contribution in [0.2, 0.25) is 5.02 Å². The summed E-state index contributed by atoms with van der Waals surface area (Å²) in [5.74, 6) is -1.70. The highest BCUT2D eigenvalue weighted by Crippen LogP contribution is 2.35. The van der Waals surface area contributed by atoms with Crippen molar-refractivity contribution in [3.63, 3.8) is 0 Å². The molecule has 0 spiro atoms. The van der Waals surface area contributed by atoms with Crippen molar-refractivity contribution in [3.05, 3.63) is 22.7 Å². The van der Waals surface area contributed by atoms with Crippen LogP contribution in [0, 0.1) is 0 Å². The lowest BCUT2D eigenvalue weighted by atomic mass is 10.1. The Kier molecular flexibility index (Phi) is 6.30. The summed E-state index contributed by atoms with van der Waals surface area (Å²) in [7, 11) is 1.36. The van der Waals surface area contributed by atoms with Crippen molar-refractivity contribution in [2.75, 3.05) is 13.7 Å². The molecule has 1 aromatic carbocycles. The average Bonchev–Trinajstić information content (AvgIpc) is 2.44. The molecule has 0 bridgehead atoms. The average molecular weight is 317 g/mol. The third-order valence-electron chi connectivity index (χ3n) is 2.65. The van der Waals surface area contributed by atoms with Crippen LogP contribution in [-0.4, -0.2) is 36.9 Å². The van der Waals surface area contributed by atoms with Crippen molar-refractivity contribution in [1.82, 2.24) is 0 Å². The van der Waals surface area contributed by atoms with E-state index in [9.17, 15) is 14.7 Å². The molecule has 21 heavy (non-hydrogen) atoms. The van der Waals surface area contributed by atoms with Crippen molar-refractivity contribution in [2.45, 2.75) is 26.4 Å². The zero-order valence-electron chi connectivity index (χ0n) is 12.0. The summed E-state index contributed by atoms with van der Waals surface area (Å²) < 4.78 is 15.5. The Bertz CT molecular complexity index is 528. The van der Waals surface area contributed by atoms with E-state index in [1.165, 1.54) is 19.2 Å². The van der Waals surface area contributed by atoms with Gasteiger partial charge in [-0.25, -0.2) is 9.59 Å². The van der Waals surface area contributed by atoms with Crippen LogP contribution in [0.1, 0.15) is 30.6 Å². The third kappa shape index (κ3) is 4.26. The SMILES string of the molecule is CCOC(=O)C(CC)Oc1c(OC)cc(Cl)cc1C(=O)O. The summed E-state index contributed by atoms with van der Waals surface area (Å²) in [5.41, 5.74) is -0.179. The van der Waals surface area contributed by atoms with Gasteiger partial charge in [0.25, 0.3) is 0 Å². The molecular weight excluding hydrogens is 300 g/mol. The maximum absolute atomic E-state index is 11.8. The predicted octanol–water partition coefficient (Wildman–Crippen LogP) is 2.77. The normalized spacial score (nSPS) is 11.6. The summed E-state index contributed by atoms with van der Waals surface area (Å²) >= 11 is 5.84. The van der Waals surface area contributed by atoms with Crippen LogP contribution in [-0.2, 0) is 9.53 Å². The van der Waals surface area contributed by atoms with Gasteiger partial charge >= 0.3 is 11.9 Å². The van der Waals surface area contributed by atoms with Crippen LogP contribution in [0.25, 0.3) is 0 Å². The first-order valence-electron chi connectivity index (χ1n) is 6.38. The van der Waals surface area contributed by atoms with Crippen LogP contribution in [0.15, 0.2) is 12.1 Å². The van der Waals surface area contributed by atoms with Gasteiger partial charge < -0.3 is 19.3 Å². The van der Waals surface area contributed by atoms with Gasteiger partial charge in [-0.05, 0) is 19.4 Å². The Hall–Kier alpha value is -1.95. The number of hydrogen-bond acceptors (Lipinski definition) is 5. The lowest BCUT2D eigenvalue weighted by molar-refractivity contribution is -0.151. The molecule has 0 radical (unpaired) electrons. The van der Waals surface area contributed by atoms with E-state index in [0.717, 1.165) is 0 Å². The van der Waals surface area contributed by atoms with Gasteiger partial charge in [0, 0.05) is 11.1 Å². The van der Waals surface area contributed by atoms with Gasteiger partial charge in [0.1, 0.15) is 5.56 Å². The predicted molar refractivity (Wildman–Crippen MR) is 76.3 cm³/mol. The van der Waals surface area contributed by atoms with Crippen LogP contribution < -0.4 is 9.47 Å². The molecule has 1 atom stereocenters. The number of carboxylic acid groups (broad SMARTS) is 1. The van der Waals surface area contributed by atoms with E-state index in [4.69, 9.17) is 25.8 Å². The van der Waals surface area contributed by atoms with Crippen molar-refractivity contribution >= 4 is 23.5 Å². The van der Waals surface area contributed by atoms with Gasteiger partial charge in [-0.2, -0.15) is 0 Å². The van der Waals surface area contributed by atoms with E-state index >= 15 is 0 Å². The van der Waals surface area contributed by atoms with Crippen molar-refractivity contribution in [1.29, 1.82) is 0 Å². The molecule has 0 saturated carbocycles. The number of carboxylic acids is 1. The topological polar surface area (TPSA) is 82.1 Å². The largest absolute Gasteiger partial charge is 0.493 e. The number of rotatable bonds is 7. The molecule has 7 heteroatoms. The molecule has 0 heterocycles. The molecule has 1 aromatic rings. The van der Waals surface area contributed by atoms with Gasteiger partial charge in [0.15, 0.2) is 17.6 Å². The Morgan fingerprint density at radius 3 is 2.48 bits per heavy atom. The molecule has 0 amide bonds. The number of aromatic carboxylic acids is 1. The first kappa shape index (κ1) is 17.1. The van der Waals surface area contributed by atoms with Gasteiger partial charge in [-0.3, -0.25) is 0 Å². The summed E-state index contributed by atoms with van der Waals surface area (Å²) in [6.07, 6.45) is -0.595. The van der Waals surface area contributed by atoms with E-state index < -0.39 is 18.0 Å². The first-order valence-corrected chi connectivity index (χ1v) is 6.76. The summed E-state index contributed by atoms with van der Waals surface area (Å²) in [6.45, 7) is 3.61. The molecule has 0 aromatic heterocycles. The van der Waals surface area contributed by atoms with Crippen LogP contribution >= 0.6 is 11.6 Å². The fourth-order valence-electron chi connectivity index (χ4n) is 1.68. The Labute approximate surface area is 127 Å². The van der Waals surface area contributed by atoms with E-state index in [2.05, 4.69) is 0 Å². The smallest absolute Gasteiger partial charge is 0.347 e. The molecule has 1 unspecified atom stereocenters. The van der Waals surface area contributed by atoms with Crippen LogP contribution in [0.3, 0.4) is 0 Å². The monoisotopic (exact) mass is 316 g/mol. The van der Waals surface area contributed by atoms with Gasteiger partial charge in [-0.15, -0.1) is 0 Å². The first-order chi connectivity index (χ1) is 9.94. The van der Waals surface area contributed by atoms with Gasteiger partial charge in [0.05, 0.1) is 13.7 Å². The Balaban J connectivity index is 3.21. The molecule has 0 aliphatic heterocycles. The summed E-state index contributed by atoms with van der Waals surface area (Å²) in [4.78, 5) is 23.1. The highest BCUT2D eigenvalue weighted by molar-refractivity contribution is 6.31. The fraction of sp³-hybridized carbons (Fsp3) is 0.429. The van der Waals surface area contributed by atoms with Crippen molar-refractivity contribution in [3.8, 4) is 11.5 Å². The second-order valence-corrected chi connectivity index (χ2v) is 4.49. The van der Waals surface area contributed by atoms with Crippen LogP contribution in [0.4, 0.5) is 0 Å². The number of esters is 1. The molecular formula is C14H17ClO6. The van der Waals surface area contributed by atoms with Crippen molar-refractivity contribution < 1.29 is 28.9 Å². The zero-order chi connectivity index (χ0) is 16.0. The molecule has 0 aliphatic carbocycles. The number of methoxy groups -OCH3 is 1. The number of carbonyl (C=O) groups excluding carboxylic acids is 1. The zero-order valence-corrected chi connectivity index (χ0v) is 12.8. The highest BCUT2D eigenvalue weighted by Gasteiger charge is 2.25. The minimum absolute atomic E-state index is 0.0469. The number of ether oxygens (including phenoxy) is 3. The lowest BCUT2D eigenvalue weighted by Crippen LogP contribution is -2.29. The fourth-order valence-corrected chi connectivity index (χ4v) is 1.88. The Morgan fingerprint density at radius 2 is 2.00 bits per heavy atom. The second kappa shape index (κ2) is 7.73.